The first-order chi connectivity index (χ1) is 53.7. The molecule has 15 rings (SSSR count). The van der Waals surface area contributed by atoms with Crippen LogP contribution in [-0.4, -0.2) is 88.1 Å². The minimum atomic E-state index is -3.06. The number of hydrogen-bond acceptors (Lipinski definition) is 5. The molecule has 0 saturated carbocycles. The van der Waals surface area contributed by atoms with Crippen LogP contribution in [0.5, 0.6) is 0 Å². The number of rotatable bonds is 8. The second-order valence-electron chi connectivity index (χ2n) is 20.0. The van der Waals surface area contributed by atoms with Crippen molar-refractivity contribution < 1.29 is 69.6 Å². The number of halogens is 12. The van der Waals surface area contributed by atoms with Crippen LogP contribution in [0.15, 0.2) is 392 Å². The van der Waals surface area contributed by atoms with E-state index in [4.69, 9.17) is 75.7 Å². The van der Waals surface area contributed by atoms with Crippen molar-refractivity contribution in [3.05, 3.63) is 426 Å². The molecule has 0 fully saturated rings. The maximum atomic E-state index is 6.21. The predicted octanol–water partition coefficient (Wildman–Crippen LogP) is 30.4. The normalized spacial score (nSPS) is 9.64. The van der Waals surface area contributed by atoms with E-state index in [-0.39, 0.29) is 28.5 Å². The maximum Gasteiger partial charge on any atom is 0.0701 e. The Balaban J connectivity index is 0.000000623. The number of aromatic nitrogens is 5. The molecule has 0 bridgehead atoms. The summed E-state index contributed by atoms with van der Waals surface area (Å²) in [5, 5.41) is 0. The molecule has 0 spiro atoms. The number of nitrogens with zero attached hydrogens (tertiary/aromatic N) is 5. The molecule has 0 aliphatic heterocycles. The van der Waals surface area contributed by atoms with E-state index in [1.807, 2.05) is 316 Å². The van der Waals surface area contributed by atoms with Crippen LogP contribution in [0.25, 0.3) is 78.5 Å². The first-order valence-electron chi connectivity index (χ1n) is 33.2. The smallest absolute Gasteiger partial charge is 0.0701 e. The molecule has 111 heavy (non-hydrogen) atoms. The molecule has 23 heteroatoms. The van der Waals surface area contributed by atoms with Crippen molar-refractivity contribution >= 4 is 196 Å². The molecule has 0 atom stereocenters. The monoisotopic (exact) mass is 2660 g/mol. The van der Waals surface area contributed by atoms with Crippen LogP contribution in [0, 0.1) is 33.9 Å². The van der Waals surface area contributed by atoms with Crippen molar-refractivity contribution in [1.29, 1.82) is 0 Å². The molecule has 0 unspecified atom stereocenters. The van der Waals surface area contributed by atoms with Crippen LogP contribution >= 0.6 is 133 Å². The molecule has 0 radical (unpaired) electrons. The molecule has 5 aromatic heterocycles. The Hall–Kier alpha value is -1.72. The van der Waals surface area contributed by atoms with Gasteiger partial charge in [-0.05, 0) is 82.8 Å². The van der Waals surface area contributed by atoms with Gasteiger partial charge in [-0.15, -0.1) is 120 Å². The van der Waals surface area contributed by atoms with Crippen molar-refractivity contribution in [3.8, 4) is 78.5 Å². The van der Waals surface area contributed by atoms with Gasteiger partial charge in [0.1, 0.15) is 0 Å². The average Bonchev–Trinajstić information content (AvgIpc) is 0.834. The molecule has 580 valence electrons. The Kier molecular flexibility index (Phi) is 67.6. The fourth-order valence-electron chi connectivity index (χ4n) is 8.50. The van der Waals surface area contributed by atoms with Gasteiger partial charge in [-0.2, -0.15) is 48.5 Å². The third kappa shape index (κ3) is 50.1. The molecular formula is C88H73Br2Cl9IK2N5Pt4-4. The molecular weight excluding hydrogens is 2590 g/mol. The molecule has 0 amide bonds. The summed E-state index contributed by atoms with van der Waals surface area (Å²) in [6, 6.07) is 131. The van der Waals surface area contributed by atoms with Gasteiger partial charge in [0.05, 0.1) is 11.4 Å². The summed E-state index contributed by atoms with van der Waals surface area (Å²) in [5.41, 5.74) is 15.0. The minimum Gasteiger partial charge on any atom is -0.305 e. The molecule has 0 N–H and O–H groups in total. The van der Waals surface area contributed by atoms with E-state index in [1.54, 1.807) is 44.3 Å². The van der Waals surface area contributed by atoms with Gasteiger partial charge >= 0.3 is 246 Å². The van der Waals surface area contributed by atoms with Crippen LogP contribution in [0.1, 0.15) is 22.6 Å². The summed E-state index contributed by atoms with van der Waals surface area (Å²) < 4.78 is 9.55. The van der Waals surface area contributed by atoms with Crippen molar-refractivity contribution in [1.82, 2.24) is 24.9 Å². The van der Waals surface area contributed by atoms with E-state index in [9.17, 15) is 0 Å². The molecule has 0 saturated heterocycles. The van der Waals surface area contributed by atoms with Gasteiger partial charge in [-0.1, -0.05) is 199 Å². The zero-order valence-electron chi connectivity index (χ0n) is 60.1. The Morgan fingerprint density at radius 2 is 0.559 bits per heavy atom. The van der Waals surface area contributed by atoms with Gasteiger partial charge in [0, 0.05) is 73.5 Å². The van der Waals surface area contributed by atoms with Crippen LogP contribution in [0.3, 0.4) is 0 Å². The van der Waals surface area contributed by atoms with Crippen LogP contribution in [0.4, 0.5) is 0 Å². The zero-order valence-corrected chi connectivity index (χ0v) is 86.6. The molecule has 5 nitrogen and oxygen atoms in total. The van der Waals surface area contributed by atoms with Crippen LogP contribution < -0.4 is 0 Å². The summed E-state index contributed by atoms with van der Waals surface area (Å²) in [6.45, 7) is 2.29. The largest absolute Gasteiger partial charge is 0.305 e. The number of hydrogen-bond donors (Lipinski definition) is 0. The summed E-state index contributed by atoms with van der Waals surface area (Å²) in [7, 11) is 45.8. The third-order valence-electron chi connectivity index (χ3n) is 13.1. The number of benzene rings is 10. The SMILES string of the molecule is Brc1ccccc1-c1ccccc1Br.C.ClI(Cl)c1ccccc1.[2H]CC.[Cl][Pt+].[Cl][Pt]([Cl])([Cl])[Cl].[Cl][Pt][Cl].[K][K].[Pt].[c-]1ccccc1-c1[c-]cccc1.[c-]1ccccc1-c1ccccn1.[c-]1ccccc1-c1ccccn1.[c-]1ccccc1-c1ccccn1.c1ccc(-c2ccccn2)cc1.c1ccc(-c2ccccn2)cc1. The topological polar surface area (TPSA) is 64.5 Å². The van der Waals surface area contributed by atoms with Crippen molar-refractivity contribution in [2.24, 2.45) is 0 Å². The summed E-state index contributed by atoms with van der Waals surface area (Å²) >= 11 is 5.94. The van der Waals surface area contributed by atoms with E-state index in [2.05, 4.69) is 145 Å². The van der Waals surface area contributed by atoms with Gasteiger partial charge in [-0.3, -0.25) is 9.97 Å². The van der Waals surface area contributed by atoms with E-state index in [1.165, 1.54) is 74.3 Å². The van der Waals surface area contributed by atoms with Gasteiger partial charge in [0.25, 0.3) is 0 Å². The van der Waals surface area contributed by atoms with Crippen molar-refractivity contribution in [2.75, 3.05) is 0 Å². The van der Waals surface area contributed by atoms with Gasteiger partial charge < -0.3 is 15.0 Å². The summed E-state index contributed by atoms with van der Waals surface area (Å²) in [5.74, 6) is 0. The Morgan fingerprint density at radius 1 is 0.351 bits per heavy atom. The second kappa shape index (κ2) is 71.2. The molecule has 15 aromatic rings. The first-order valence-corrected chi connectivity index (χ1v) is 76.4. The summed E-state index contributed by atoms with van der Waals surface area (Å²) in [6.07, 6.45) is 8.98. The Labute approximate surface area is 801 Å². The van der Waals surface area contributed by atoms with Crippen molar-refractivity contribution in [2.45, 2.75) is 21.3 Å². The zero-order chi connectivity index (χ0) is 79.9. The Morgan fingerprint density at radius 3 is 0.766 bits per heavy atom. The fraction of sp³-hybridized carbons (Fsp3) is 0.0341. The molecule has 10 aromatic carbocycles. The van der Waals surface area contributed by atoms with Gasteiger partial charge in [0.2, 0.25) is 0 Å². The van der Waals surface area contributed by atoms with Crippen molar-refractivity contribution in [3.63, 3.8) is 0 Å². The molecule has 5 heterocycles. The average molecular weight is 2670 g/mol. The van der Waals surface area contributed by atoms with E-state index >= 15 is 0 Å². The predicted molar refractivity (Wildman–Crippen MR) is 483 cm³/mol. The van der Waals surface area contributed by atoms with Crippen LogP contribution in [0.2, 0.25) is 0 Å². The minimum absolute atomic E-state index is 0. The quantitative estimate of drug-likeness (QED) is 0.0862. The standard InChI is InChI=1S/C12H8Br2.C12H8.2C11H9N.3C11H8N.C6H5Cl2I.C2H6.CH4.7ClH.2K.4Pt/c13-11-7-3-1-5-9(11)10-6-2-4-8-12(10)14;1-3-7-11(8-4-1)12-9-5-2-6-10-12;5*1-2-6-10(7-3-1)11-8-4-5-9-12-11;7-9(8)6-4-2-1-3-5-6;1-2;;;;;;;;;;;;;;/h1-8H;1-7,9H;2*1-9H;3*1-6,8-9H;1-5H;1-2H3;1H4;7*1H;;;;;;/q;-2;;;3*-1;;;;;;;;;;;;;;2*+2;+4/p-7/i;;;;;;;;1D;;;;;;;;;;;;;;. The van der Waals surface area contributed by atoms with E-state index < -0.39 is 45.9 Å². The summed E-state index contributed by atoms with van der Waals surface area (Å²) in [4.78, 5) is 21.2. The van der Waals surface area contributed by atoms with E-state index in [0.29, 0.717) is 6.90 Å². The first kappa shape index (κ1) is 105. The van der Waals surface area contributed by atoms with E-state index in [0.717, 1.165) is 79.9 Å². The van der Waals surface area contributed by atoms with Crippen LogP contribution in [-0.2, 0) is 68.2 Å². The second-order valence-corrected chi connectivity index (χ2v) is 51.8. The fourth-order valence-corrected chi connectivity index (χ4v) is 11.7. The number of pyridine rings is 5. The Bertz CT molecular complexity index is 3770. The van der Waals surface area contributed by atoms with Gasteiger partial charge in [0.15, 0.2) is 0 Å². The molecule has 0 aliphatic rings. The van der Waals surface area contributed by atoms with Gasteiger partial charge in [-0.25, -0.2) is 11.1 Å². The molecule has 0 aliphatic carbocycles. The third-order valence-corrected chi connectivity index (χ3v) is 18.3. The maximum absolute atomic E-state index is 6.21.